The molecule has 1 aliphatic carbocycles. The van der Waals surface area contributed by atoms with E-state index in [9.17, 15) is 14.4 Å². The Morgan fingerprint density at radius 2 is 1.22 bits per heavy atom. The number of amides is 2. The summed E-state index contributed by atoms with van der Waals surface area (Å²) in [5, 5.41) is 14.6. The van der Waals surface area contributed by atoms with E-state index in [2.05, 4.69) is 16.0 Å². The third-order valence-corrected chi connectivity index (χ3v) is 11.7. The van der Waals surface area contributed by atoms with E-state index < -0.39 is 29.6 Å². The maximum atomic E-state index is 14.7. The Labute approximate surface area is 383 Å². The van der Waals surface area contributed by atoms with Gasteiger partial charge in [0.2, 0.25) is 5.91 Å². The highest BCUT2D eigenvalue weighted by Gasteiger charge is 2.32. The molecule has 1 fully saturated rings. The van der Waals surface area contributed by atoms with Gasteiger partial charge in [-0.2, -0.15) is 0 Å². The molecule has 2 amide bonds. The van der Waals surface area contributed by atoms with Gasteiger partial charge in [0.05, 0.1) is 54.1 Å². The van der Waals surface area contributed by atoms with Gasteiger partial charge in [-0.05, 0) is 132 Å². The van der Waals surface area contributed by atoms with E-state index in [1.54, 1.807) is 39.9 Å². The van der Waals surface area contributed by atoms with Crippen molar-refractivity contribution in [2.24, 2.45) is 0 Å². The average molecular weight is 912 g/mol. The topological polar surface area (TPSA) is 153 Å². The highest BCUT2D eigenvalue weighted by atomic mass is 35.5. The van der Waals surface area contributed by atoms with Gasteiger partial charge in [-0.15, -0.1) is 0 Å². The van der Waals surface area contributed by atoms with E-state index in [0.29, 0.717) is 60.6 Å². The zero-order valence-electron chi connectivity index (χ0n) is 37.0. The molecule has 2 aromatic heterocycles. The number of hydrogen-bond acceptors (Lipinski definition) is 11. The summed E-state index contributed by atoms with van der Waals surface area (Å²) >= 11 is 12.8. The maximum absolute atomic E-state index is 14.7. The average Bonchev–Trinajstić information content (AvgIpc) is 3.26. The Kier molecular flexibility index (Phi) is 15.0. The van der Waals surface area contributed by atoms with Crippen molar-refractivity contribution < 1.29 is 33.3 Å². The summed E-state index contributed by atoms with van der Waals surface area (Å²) in [6, 6.07) is 21.4. The summed E-state index contributed by atoms with van der Waals surface area (Å²) in [4.78, 5) is 52.9. The molecular weight excluding hydrogens is 855 g/mol. The number of anilines is 2. The normalized spacial score (nSPS) is 13.7. The van der Waals surface area contributed by atoms with Crippen molar-refractivity contribution >= 4 is 96.2 Å². The number of esters is 1. The summed E-state index contributed by atoms with van der Waals surface area (Å²) in [6.45, 7) is 6.80. The number of ether oxygens (including phenoxy) is 4. The molecule has 1 aliphatic rings. The van der Waals surface area contributed by atoms with Crippen LogP contribution in [0, 0.1) is 0 Å². The van der Waals surface area contributed by atoms with Gasteiger partial charge in [-0.1, -0.05) is 29.6 Å². The summed E-state index contributed by atoms with van der Waals surface area (Å²) < 4.78 is 22.5. The Balaban J connectivity index is 1.14. The van der Waals surface area contributed by atoms with Crippen LogP contribution in [0.4, 0.5) is 16.2 Å². The van der Waals surface area contributed by atoms with Crippen LogP contribution >= 0.6 is 23.2 Å². The second kappa shape index (κ2) is 20.8. The van der Waals surface area contributed by atoms with Crippen molar-refractivity contribution in [1.82, 2.24) is 20.2 Å². The Bertz CT molecular complexity index is 2510. The number of carbonyl (C=O) groups is 3. The van der Waals surface area contributed by atoms with Gasteiger partial charge in [0.1, 0.15) is 29.2 Å². The Morgan fingerprint density at radius 1 is 0.703 bits per heavy atom. The van der Waals surface area contributed by atoms with Crippen LogP contribution in [0.25, 0.3) is 43.6 Å². The summed E-state index contributed by atoms with van der Waals surface area (Å²) in [5.41, 5.74) is 3.92. The molecule has 4 aromatic carbocycles. The van der Waals surface area contributed by atoms with E-state index in [-0.39, 0.29) is 12.5 Å². The van der Waals surface area contributed by atoms with Crippen LogP contribution in [0.2, 0.25) is 10.0 Å². The van der Waals surface area contributed by atoms with Gasteiger partial charge in [0, 0.05) is 57.8 Å². The fraction of sp³-hybridized carbons (Fsp3) is 0.408. The number of carbonyl (C=O) groups excluding carboxylic acids is 3. The predicted molar refractivity (Wildman–Crippen MR) is 255 cm³/mol. The Morgan fingerprint density at radius 3 is 1.70 bits per heavy atom. The number of hydrogen-bond donors (Lipinski definition) is 3. The second-order valence-corrected chi connectivity index (χ2v) is 18.0. The van der Waals surface area contributed by atoms with E-state index in [1.807, 2.05) is 72.8 Å². The molecule has 6 aromatic rings. The minimum atomic E-state index is -1.22. The first-order chi connectivity index (χ1) is 30.8. The molecular formula is C49H56Cl2N6O7. The standard InChI is InChI=1S/C49H56Cl2N6O7/c1-49(2,3)64-48(60)56-43(29-44(58)63-32-11-7-6-8-12-32)47(59)57(23-9-21-52-45-35-17-13-30(50)25-41(35)54-39-19-15-33(61-4)27-37(39)45)24-10-22-53-46-36-18-14-31(51)26-42(36)55-40-20-16-34(62-5)28-38(40)46/h13-20,25-28,32,43H,6-12,21-24,29H2,1-5H3,(H,52,54)(H,53,55)(H,56,60)/t43-/m0/s1. The van der Waals surface area contributed by atoms with Crippen LogP contribution in [-0.2, 0) is 19.1 Å². The number of alkyl carbamates (subject to hydrolysis) is 1. The molecule has 0 spiro atoms. The van der Waals surface area contributed by atoms with Crippen LogP contribution < -0.4 is 25.4 Å². The fourth-order valence-corrected chi connectivity index (χ4v) is 8.51. The molecule has 3 N–H and O–H groups in total. The number of benzene rings is 4. The molecule has 338 valence electrons. The lowest BCUT2D eigenvalue weighted by Gasteiger charge is -2.29. The lowest BCUT2D eigenvalue weighted by Crippen LogP contribution is -2.51. The van der Waals surface area contributed by atoms with Crippen molar-refractivity contribution in [3.05, 3.63) is 82.8 Å². The van der Waals surface area contributed by atoms with Crippen molar-refractivity contribution in [2.75, 3.05) is 51.0 Å². The van der Waals surface area contributed by atoms with Crippen LogP contribution in [0.5, 0.6) is 11.5 Å². The lowest BCUT2D eigenvalue weighted by atomic mass is 9.98. The van der Waals surface area contributed by atoms with Crippen molar-refractivity contribution in [3.8, 4) is 11.5 Å². The minimum absolute atomic E-state index is 0.209. The molecule has 0 radical (unpaired) electrons. The fourth-order valence-electron chi connectivity index (χ4n) is 8.18. The molecule has 0 saturated heterocycles. The molecule has 0 unspecified atom stereocenters. The minimum Gasteiger partial charge on any atom is -0.497 e. The van der Waals surface area contributed by atoms with E-state index in [0.717, 1.165) is 87.1 Å². The lowest BCUT2D eigenvalue weighted by molar-refractivity contribution is -0.153. The molecule has 1 atom stereocenters. The van der Waals surface area contributed by atoms with Crippen LogP contribution in [-0.4, -0.2) is 91.0 Å². The number of fused-ring (bicyclic) bond motifs is 4. The molecule has 0 aliphatic heterocycles. The largest absolute Gasteiger partial charge is 0.497 e. The van der Waals surface area contributed by atoms with Crippen LogP contribution in [0.1, 0.15) is 72.1 Å². The van der Waals surface area contributed by atoms with Crippen molar-refractivity contribution in [3.63, 3.8) is 0 Å². The SMILES string of the molecule is COc1ccc2nc3cc(Cl)ccc3c(NCCCN(CCCNc3c4ccc(Cl)cc4nc4ccc(OC)cc34)C(=O)[C@H](CC(=O)OC3CCCCC3)NC(=O)OC(C)(C)C)c2c1. The number of nitrogens with zero attached hydrogens (tertiary/aromatic N) is 3. The molecule has 15 heteroatoms. The summed E-state index contributed by atoms with van der Waals surface area (Å²) in [7, 11) is 3.25. The highest BCUT2D eigenvalue weighted by Crippen LogP contribution is 2.36. The van der Waals surface area contributed by atoms with Gasteiger partial charge in [0.15, 0.2) is 0 Å². The van der Waals surface area contributed by atoms with Gasteiger partial charge >= 0.3 is 12.1 Å². The van der Waals surface area contributed by atoms with E-state index >= 15 is 0 Å². The van der Waals surface area contributed by atoms with E-state index in [4.69, 9.17) is 52.1 Å². The van der Waals surface area contributed by atoms with Crippen LogP contribution in [0.15, 0.2) is 72.8 Å². The summed E-state index contributed by atoms with van der Waals surface area (Å²) in [6.07, 6.45) is 4.32. The number of methoxy groups -OCH3 is 2. The molecule has 1 saturated carbocycles. The quantitative estimate of drug-likeness (QED) is 0.0455. The number of aromatic nitrogens is 2. The highest BCUT2D eigenvalue weighted by molar-refractivity contribution is 6.32. The number of nitrogens with one attached hydrogen (secondary N) is 3. The number of rotatable bonds is 17. The third-order valence-electron chi connectivity index (χ3n) is 11.2. The second-order valence-electron chi connectivity index (χ2n) is 17.1. The Hall–Kier alpha value is -5.79. The van der Waals surface area contributed by atoms with Gasteiger partial charge in [-0.3, -0.25) is 9.59 Å². The summed E-state index contributed by atoms with van der Waals surface area (Å²) in [5.74, 6) is 0.433. The van der Waals surface area contributed by atoms with Gasteiger partial charge < -0.3 is 39.8 Å². The zero-order valence-corrected chi connectivity index (χ0v) is 38.5. The predicted octanol–water partition coefficient (Wildman–Crippen LogP) is 10.7. The van der Waals surface area contributed by atoms with Gasteiger partial charge in [-0.25, -0.2) is 14.8 Å². The molecule has 0 bridgehead atoms. The smallest absolute Gasteiger partial charge is 0.408 e. The van der Waals surface area contributed by atoms with Crippen molar-refractivity contribution in [1.29, 1.82) is 0 Å². The van der Waals surface area contributed by atoms with Crippen LogP contribution in [0.3, 0.4) is 0 Å². The van der Waals surface area contributed by atoms with Crippen molar-refractivity contribution in [2.45, 2.75) is 89.9 Å². The molecule has 7 rings (SSSR count). The van der Waals surface area contributed by atoms with Gasteiger partial charge in [0.25, 0.3) is 0 Å². The molecule has 2 heterocycles. The molecule has 64 heavy (non-hydrogen) atoms. The monoisotopic (exact) mass is 910 g/mol. The first kappa shape index (κ1) is 46.2. The molecule has 13 nitrogen and oxygen atoms in total. The third kappa shape index (κ3) is 11.7. The first-order valence-corrected chi connectivity index (χ1v) is 22.6. The first-order valence-electron chi connectivity index (χ1n) is 21.9. The number of pyridine rings is 2. The van der Waals surface area contributed by atoms with E-state index in [1.165, 1.54) is 0 Å². The zero-order chi connectivity index (χ0) is 45.4. The number of halogens is 2. The maximum Gasteiger partial charge on any atom is 0.408 e.